The Morgan fingerprint density at radius 3 is 3.23 bits per heavy atom. The monoisotopic (exact) mass is 177 g/mol. The van der Waals surface area contributed by atoms with Crippen LogP contribution >= 0.6 is 0 Å². The molecule has 2 heterocycles. The average molecular weight is 177 g/mol. The van der Waals surface area contributed by atoms with Crippen molar-refractivity contribution in [2.24, 2.45) is 0 Å². The van der Waals surface area contributed by atoms with Gasteiger partial charge in [0.05, 0.1) is 17.6 Å². The number of hydrogen-bond donors (Lipinski definition) is 1. The number of aromatic nitrogens is 3. The molecule has 13 heavy (non-hydrogen) atoms. The van der Waals surface area contributed by atoms with E-state index in [0.717, 1.165) is 5.52 Å². The number of imidazole rings is 1. The molecule has 2 aromatic heterocycles. The van der Waals surface area contributed by atoms with E-state index in [-0.39, 0.29) is 6.42 Å². The van der Waals surface area contributed by atoms with E-state index in [2.05, 4.69) is 10.1 Å². The Balaban J connectivity index is 2.51. The Morgan fingerprint density at radius 2 is 2.46 bits per heavy atom. The van der Waals surface area contributed by atoms with Crippen LogP contribution in [0.25, 0.3) is 5.52 Å². The van der Waals surface area contributed by atoms with Crippen LogP contribution in [0.2, 0.25) is 0 Å². The Hall–Kier alpha value is -1.91. The van der Waals surface area contributed by atoms with Gasteiger partial charge >= 0.3 is 5.97 Å². The lowest BCUT2D eigenvalue weighted by atomic mass is 10.3. The van der Waals surface area contributed by atoms with Crippen LogP contribution in [0.5, 0.6) is 0 Å². The van der Waals surface area contributed by atoms with Crippen LogP contribution in [-0.2, 0) is 11.2 Å². The number of hydrogen-bond acceptors (Lipinski definition) is 3. The maximum Gasteiger partial charge on any atom is 0.309 e. The van der Waals surface area contributed by atoms with Gasteiger partial charge in [-0.1, -0.05) is 0 Å². The molecule has 66 valence electrons. The van der Waals surface area contributed by atoms with E-state index in [1.165, 1.54) is 6.33 Å². The minimum Gasteiger partial charge on any atom is -0.481 e. The summed E-state index contributed by atoms with van der Waals surface area (Å²) in [6.45, 7) is 0. The number of nitrogens with zero attached hydrogens (tertiary/aromatic N) is 3. The van der Waals surface area contributed by atoms with E-state index >= 15 is 0 Å². The third-order valence-electron chi connectivity index (χ3n) is 1.72. The second-order valence-corrected chi connectivity index (χ2v) is 2.62. The second-order valence-electron chi connectivity index (χ2n) is 2.62. The average Bonchev–Trinajstić information content (AvgIpc) is 2.48. The number of carboxylic acids is 1. The van der Waals surface area contributed by atoms with Crippen LogP contribution in [0, 0.1) is 0 Å². The molecule has 0 bridgehead atoms. The van der Waals surface area contributed by atoms with Crippen LogP contribution < -0.4 is 0 Å². The minimum absolute atomic E-state index is 0.0673. The van der Waals surface area contributed by atoms with Gasteiger partial charge in [0.25, 0.3) is 0 Å². The summed E-state index contributed by atoms with van der Waals surface area (Å²) in [4.78, 5) is 14.4. The molecular weight excluding hydrogens is 170 g/mol. The third kappa shape index (κ3) is 1.35. The van der Waals surface area contributed by atoms with E-state index in [1.807, 2.05) is 0 Å². The summed E-state index contributed by atoms with van der Waals surface area (Å²) in [5, 5.41) is 12.5. The standard InChI is InChI=1S/C8H7N3O2/c12-8(13)4-6-7-2-1-3-10-11(7)5-9-6/h1-3,5H,4H2,(H,12,13). The first-order valence-electron chi connectivity index (χ1n) is 3.76. The van der Waals surface area contributed by atoms with Gasteiger partial charge in [0.1, 0.15) is 6.33 Å². The Labute approximate surface area is 73.6 Å². The normalized spacial score (nSPS) is 10.5. The van der Waals surface area contributed by atoms with Gasteiger partial charge in [-0.05, 0) is 12.1 Å². The topological polar surface area (TPSA) is 67.5 Å². The Bertz CT molecular complexity index is 449. The zero-order valence-electron chi connectivity index (χ0n) is 6.71. The van der Waals surface area contributed by atoms with E-state index in [1.54, 1.807) is 22.8 Å². The first kappa shape index (κ1) is 7.72. The van der Waals surface area contributed by atoms with Gasteiger partial charge < -0.3 is 5.11 Å². The molecule has 0 aromatic carbocycles. The van der Waals surface area contributed by atoms with Crippen LogP contribution in [0.3, 0.4) is 0 Å². The molecule has 0 aliphatic heterocycles. The molecule has 1 N–H and O–H groups in total. The fourth-order valence-electron chi connectivity index (χ4n) is 1.17. The summed E-state index contributed by atoms with van der Waals surface area (Å²) in [6, 6.07) is 3.54. The largest absolute Gasteiger partial charge is 0.481 e. The lowest BCUT2D eigenvalue weighted by Gasteiger charge is -1.92. The zero-order chi connectivity index (χ0) is 9.26. The first-order valence-corrected chi connectivity index (χ1v) is 3.76. The summed E-state index contributed by atoms with van der Waals surface area (Å²) in [5.41, 5.74) is 1.28. The molecule has 5 nitrogen and oxygen atoms in total. The van der Waals surface area contributed by atoms with Gasteiger partial charge in [0.2, 0.25) is 0 Å². The molecule has 2 aromatic rings. The van der Waals surface area contributed by atoms with Crippen LogP contribution in [0.1, 0.15) is 5.69 Å². The van der Waals surface area contributed by atoms with Crippen LogP contribution in [-0.4, -0.2) is 25.7 Å². The molecule has 0 aliphatic carbocycles. The van der Waals surface area contributed by atoms with Crippen molar-refractivity contribution in [3.8, 4) is 0 Å². The molecule has 0 amide bonds. The molecule has 5 heteroatoms. The number of rotatable bonds is 2. The van der Waals surface area contributed by atoms with Crippen molar-refractivity contribution in [2.45, 2.75) is 6.42 Å². The molecule has 0 saturated heterocycles. The minimum atomic E-state index is -0.885. The van der Waals surface area contributed by atoms with E-state index in [4.69, 9.17) is 5.11 Å². The summed E-state index contributed by atoms with van der Waals surface area (Å²) < 4.78 is 1.55. The van der Waals surface area contributed by atoms with Crippen molar-refractivity contribution in [2.75, 3.05) is 0 Å². The van der Waals surface area contributed by atoms with Gasteiger partial charge in [-0.3, -0.25) is 4.79 Å². The fourth-order valence-corrected chi connectivity index (χ4v) is 1.17. The van der Waals surface area contributed by atoms with Crippen LogP contribution in [0.4, 0.5) is 0 Å². The third-order valence-corrected chi connectivity index (χ3v) is 1.72. The molecule has 0 saturated carbocycles. The summed E-state index contributed by atoms with van der Waals surface area (Å²) in [6.07, 6.45) is 3.06. The predicted octanol–water partition coefficient (Wildman–Crippen LogP) is 0.356. The second kappa shape index (κ2) is 2.85. The first-order chi connectivity index (χ1) is 6.27. The number of aliphatic carboxylic acids is 1. The number of carboxylic acid groups (broad SMARTS) is 1. The Kier molecular flexibility index (Phi) is 1.70. The van der Waals surface area contributed by atoms with E-state index in [9.17, 15) is 4.79 Å². The summed E-state index contributed by atoms with van der Waals surface area (Å²) in [5.74, 6) is -0.885. The molecule has 2 rings (SSSR count). The summed E-state index contributed by atoms with van der Waals surface area (Å²) in [7, 11) is 0. The highest BCUT2D eigenvalue weighted by molar-refractivity contribution is 5.72. The van der Waals surface area contributed by atoms with Gasteiger partial charge in [0.15, 0.2) is 0 Å². The van der Waals surface area contributed by atoms with Crippen molar-refractivity contribution >= 4 is 11.5 Å². The molecule has 0 atom stereocenters. The van der Waals surface area contributed by atoms with Crippen molar-refractivity contribution in [1.82, 2.24) is 14.6 Å². The molecular formula is C8H7N3O2. The highest BCUT2D eigenvalue weighted by atomic mass is 16.4. The smallest absolute Gasteiger partial charge is 0.309 e. The lowest BCUT2D eigenvalue weighted by Crippen LogP contribution is -2.00. The number of carbonyl (C=O) groups is 1. The number of fused-ring (bicyclic) bond motifs is 1. The Morgan fingerprint density at radius 1 is 1.62 bits per heavy atom. The van der Waals surface area contributed by atoms with Crippen molar-refractivity contribution in [3.63, 3.8) is 0 Å². The maximum absolute atomic E-state index is 10.4. The zero-order valence-corrected chi connectivity index (χ0v) is 6.71. The molecule has 0 unspecified atom stereocenters. The molecule has 0 radical (unpaired) electrons. The SMILES string of the molecule is O=C(O)Cc1ncn2ncccc12. The fraction of sp³-hybridized carbons (Fsp3) is 0.125. The van der Waals surface area contributed by atoms with Crippen molar-refractivity contribution in [1.29, 1.82) is 0 Å². The summed E-state index contributed by atoms with van der Waals surface area (Å²) >= 11 is 0. The van der Waals surface area contributed by atoms with Gasteiger partial charge in [-0.25, -0.2) is 9.50 Å². The highest BCUT2D eigenvalue weighted by Crippen LogP contribution is 2.07. The molecule has 0 fully saturated rings. The van der Waals surface area contributed by atoms with E-state index in [0.29, 0.717) is 5.69 Å². The molecule has 0 spiro atoms. The molecule has 0 aliphatic rings. The van der Waals surface area contributed by atoms with Gasteiger partial charge in [-0.2, -0.15) is 5.10 Å². The highest BCUT2D eigenvalue weighted by Gasteiger charge is 2.07. The van der Waals surface area contributed by atoms with Gasteiger partial charge in [-0.15, -0.1) is 0 Å². The van der Waals surface area contributed by atoms with Crippen molar-refractivity contribution < 1.29 is 9.90 Å². The van der Waals surface area contributed by atoms with Gasteiger partial charge in [0, 0.05) is 6.20 Å². The quantitative estimate of drug-likeness (QED) is 0.719. The maximum atomic E-state index is 10.4. The predicted molar refractivity (Wildman–Crippen MR) is 44.3 cm³/mol. The lowest BCUT2D eigenvalue weighted by molar-refractivity contribution is -0.136. The van der Waals surface area contributed by atoms with E-state index < -0.39 is 5.97 Å². The van der Waals surface area contributed by atoms with Crippen molar-refractivity contribution in [3.05, 3.63) is 30.4 Å². The van der Waals surface area contributed by atoms with Crippen LogP contribution in [0.15, 0.2) is 24.7 Å².